The highest BCUT2D eigenvalue weighted by Gasteiger charge is 2.26. The SMILES string of the molecule is O=C1CNNNc2nnc3[nH]nnc3c2-c2ccc3c(cccc3c2)C2CCCC(C1)C2. The molecule has 9 nitrogen and oxygen atoms in total. The number of hydrogen-bond acceptors (Lipinski definition) is 8. The molecule has 0 saturated heterocycles. The van der Waals surface area contributed by atoms with Crippen LogP contribution in [0.3, 0.4) is 0 Å². The van der Waals surface area contributed by atoms with Crippen LogP contribution in [0.2, 0.25) is 0 Å². The Bertz CT molecular complexity index is 1320. The van der Waals surface area contributed by atoms with Gasteiger partial charge in [0.05, 0.1) is 12.1 Å². The van der Waals surface area contributed by atoms with E-state index in [0.717, 1.165) is 24.0 Å². The standard InChI is InChI=1S/C23H24N8O/c32-17-10-13-3-1-4-14(9-13)18-6-2-5-15-11-16(7-8-19(15)18)20-21-23(29-31-25-21)27-26-22(20)28-30-24-12-17/h2,5-8,11,13-14,24,30H,1,3-4,9-10,12H2,(H,26,28)(H,25,27,29,31). The Hall–Kier alpha value is -3.43. The monoisotopic (exact) mass is 428 g/mol. The lowest BCUT2D eigenvalue weighted by Gasteiger charge is -2.30. The van der Waals surface area contributed by atoms with E-state index >= 15 is 0 Å². The highest BCUT2D eigenvalue weighted by atomic mass is 16.1. The lowest BCUT2D eigenvalue weighted by Crippen LogP contribution is -2.41. The van der Waals surface area contributed by atoms with Crippen molar-refractivity contribution < 1.29 is 4.79 Å². The molecule has 2 aliphatic heterocycles. The molecule has 2 unspecified atom stereocenters. The average molecular weight is 429 g/mol. The van der Waals surface area contributed by atoms with Gasteiger partial charge >= 0.3 is 0 Å². The molecule has 0 radical (unpaired) electrons. The van der Waals surface area contributed by atoms with Gasteiger partial charge in [-0.2, -0.15) is 5.53 Å². The predicted molar refractivity (Wildman–Crippen MR) is 122 cm³/mol. The number of aromatic amines is 1. The molecule has 2 aromatic carbocycles. The first-order valence-corrected chi connectivity index (χ1v) is 11.1. The van der Waals surface area contributed by atoms with Crippen LogP contribution in [0.1, 0.15) is 43.6 Å². The highest BCUT2D eigenvalue weighted by molar-refractivity contribution is 5.99. The van der Waals surface area contributed by atoms with Gasteiger partial charge in [-0.1, -0.05) is 42.0 Å². The quantitative estimate of drug-likeness (QED) is 0.337. The molecule has 1 saturated carbocycles. The number of H-pyrrole nitrogens is 1. The van der Waals surface area contributed by atoms with Gasteiger partial charge in [-0.15, -0.1) is 15.3 Å². The number of aromatic nitrogens is 5. The molecule has 9 heteroatoms. The first-order valence-electron chi connectivity index (χ1n) is 11.1. The van der Waals surface area contributed by atoms with Crippen LogP contribution in [-0.4, -0.2) is 37.9 Å². The third-order valence-electron chi connectivity index (χ3n) is 6.75. The van der Waals surface area contributed by atoms with Crippen molar-refractivity contribution in [2.24, 2.45) is 5.92 Å². The van der Waals surface area contributed by atoms with Gasteiger partial charge in [-0.3, -0.25) is 10.2 Å². The van der Waals surface area contributed by atoms with Crippen LogP contribution in [0.4, 0.5) is 5.82 Å². The first kappa shape index (κ1) is 19.3. The van der Waals surface area contributed by atoms with E-state index in [0.29, 0.717) is 35.2 Å². The molecule has 4 heterocycles. The van der Waals surface area contributed by atoms with Crippen LogP contribution in [0.5, 0.6) is 0 Å². The van der Waals surface area contributed by atoms with Crippen molar-refractivity contribution in [3.05, 3.63) is 42.0 Å². The summed E-state index contributed by atoms with van der Waals surface area (Å²) in [6, 6.07) is 13.0. The summed E-state index contributed by atoms with van der Waals surface area (Å²) in [5, 5.41) is 21.9. The Labute approximate surface area is 184 Å². The van der Waals surface area contributed by atoms with E-state index < -0.39 is 0 Å². The van der Waals surface area contributed by atoms with Crippen LogP contribution < -0.4 is 16.4 Å². The molecule has 162 valence electrons. The number of carbonyl (C=O) groups excluding carboxylic acids is 1. The summed E-state index contributed by atoms with van der Waals surface area (Å²) in [5.41, 5.74) is 13.2. The smallest absolute Gasteiger partial charge is 0.198 e. The third-order valence-corrected chi connectivity index (χ3v) is 6.75. The summed E-state index contributed by atoms with van der Waals surface area (Å²) in [6.45, 7) is 0.243. The molecule has 2 aromatic heterocycles. The van der Waals surface area contributed by atoms with Crippen LogP contribution in [0.15, 0.2) is 36.4 Å². The first-order chi connectivity index (χ1) is 15.8. The van der Waals surface area contributed by atoms with Gasteiger partial charge in [0, 0.05) is 6.42 Å². The molecule has 0 amide bonds. The number of fused-ring (bicyclic) bond motifs is 7. The fourth-order valence-electron chi connectivity index (χ4n) is 5.30. The van der Waals surface area contributed by atoms with Crippen LogP contribution in [0.25, 0.3) is 33.1 Å². The van der Waals surface area contributed by atoms with Crippen molar-refractivity contribution in [3.8, 4) is 11.1 Å². The van der Waals surface area contributed by atoms with Crippen molar-refractivity contribution in [3.63, 3.8) is 0 Å². The summed E-state index contributed by atoms with van der Waals surface area (Å²) in [6.07, 6.45) is 5.14. The minimum Gasteiger partial charge on any atom is -0.298 e. The van der Waals surface area contributed by atoms with E-state index in [1.165, 1.54) is 29.2 Å². The number of ketones is 1. The summed E-state index contributed by atoms with van der Waals surface area (Å²) >= 11 is 0. The van der Waals surface area contributed by atoms with Gasteiger partial charge in [0.1, 0.15) is 11.3 Å². The second-order valence-corrected chi connectivity index (χ2v) is 8.79. The molecule has 32 heavy (non-hydrogen) atoms. The predicted octanol–water partition coefficient (Wildman–Crippen LogP) is 3.24. The van der Waals surface area contributed by atoms with Crippen LogP contribution in [-0.2, 0) is 4.79 Å². The molecule has 6 bridgehead atoms. The topological polar surface area (TPSA) is 121 Å². The fourth-order valence-corrected chi connectivity index (χ4v) is 5.30. The van der Waals surface area contributed by atoms with E-state index in [2.05, 4.69) is 78.4 Å². The number of hydrogen-bond donors (Lipinski definition) is 4. The van der Waals surface area contributed by atoms with Gasteiger partial charge < -0.3 is 0 Å². The van der Waals surface area contributed by atoms with Crippen molar-refractivity contribution in [2.75, 3.05) is 12.0 Å². The zero-order valence-electron chi connectivity index (χ0n) is 17.6. The van der Waals surface area contributed by atoms with E-state index in [9.17, 15) is 4.79 Å². The number of benzene rings is 2. The molecular weight excluding hydrogens is 404 g/mol. The minimum absolute atomic E-state index is 0.205. The average Bonchev–Trinajstić information content (AvgIpc) is 3.29. The zero-order chi connectivity index (χ0) is 21.5. The molecule has 2 atom stereocenters. The Morgan fingerprint density at radius 1 is 1.03 bits per heavy atom. The fraction of sp³-hybridized carbons (Fsp3) is 0.348. The van der Waals surface area contributed by atoms with Crippen molar-refractivity contribution >= 4 is 33.5 Å². The van der Waals surface area contributed by atoms with E-state index in [4.69, 9.17) is 0 Å². The number of rotatable bonds is 0. The van der Waals surface area contributed by atoms with Crippen LogP contribution in [0, 0.1) is 5.92 Å². The van der Waals surface area contributed by atoms with Gasteiger partial charge in [0.25, 0.3) is 0 Å². The molecule has 3 aliphatic rings. The zero-order valence-corrected chi connectivity index (χ0v) is 17.6. The van der Waals surface area contributed by atoms with Gasteiger partial charge in [0.2, 0.25) is 0 Å². The summed E-state index contributed by atoms with van der Waals surface area (Å²) in [4.78, 5) is 12.6. The van der Waals surface area contributed by atoms with Gasteiger partial charge in [-0.05, 0) is 59.1 Å². The maximum atomic E-state index is 12.6. The molecule has 1 fully saturated rings. The normalized spacial score (nSPS) is 21.7. The van der Waals surface area contributed by atoms with Crippen molar-refractivity contribution in [2.45, 2.75) is 38.0 Å². The van der Waals surface area contributed by atoms with E-state index in [-0.39, 0.29) is 12.3 Å². The van der Waals surface area contributed by atoms with Crippen LogP contribution >= 0.6 is 0 Å². The van der Waals surface area contributed by atoms with Gasteiger partial charge in [-0.25, -0.2) is 10.5 Å². The number of anilines is 1. The number of nitrogens with zero attached hydrogens (tertiary/aromatic N) is 4. The van der Waals surface area contributed by atoms with E-state index in [1.54, 1.807) is 0 Å². The second kappa shape index (κ2) is 7.92. The Morgan fingerprint density at radius 3 is 2.97 bits per heavy atom. The number of Topliss-reactive ketones (excluding diaryl/α,β-unsaturated/α-hetero) is 1. The lowest BCUT2D eigenvalue weighted by atomic mass is 9.75. The molecule has 4 aromatic rings. The van der Waals surface area contributed by atoms with Gasteiger partial charge in [0.15, 0.2) is 11.5 Å². The summed E-state index contributed by atoms with van der Waals surface area (Å²) in [5.74, 6) is 1.63. The maximum Gasteiger partial charge on any atom is 0.198 e. The molecule has 7 rings (SSSR count). The molecule has 4 N–H and O–H groups in total. The lowest BCUT2D eigenvalue weighted by molar-refractivity contribution is -0.119. The van der Waals surface area contributed by atoms with Crippen molar-refractivity contribution in [1.29, 1.82) is 0 Å². The minimum atomic E-state index is 0.205. The Balaban J connectivity index is 1.52. The largest absolute Gasteiger partial charge is 0.298 e. The maximum absolute atomic E-state index is 12.6. The van der Waals surface area contributed by atoms with E-state index in [1.807, 2.05) is 0 Å². The van der Waals surface area contributed by atoms with Crippen molar-refractivity contribution in [1.82, 2.24) is 36.6 Å². The second-order valence-electron chi connectivity index (χ2n) is 8.79. The number of nitrogens with one attached hydrogen (secondary N) is 4. The number of carbonyl (C=O) groups is 1. The third kappa shape index (κ3) is 3.39. The molecule has 0 spiro atoms. The molecular formula is C23H24N8O. The number of hydrazine groups is 2. The molecule has 1 aliphatic carbocycles. The Kier molecular flexibility index (Phi) is 4.77. The summed E-state index contributed by atoms with van der Waals surface area (Å²) < 4.78 is 0. The highest BCUT2D eigenvalue weighted by Crippen LogP contribution is 2.41. The Morgan fingerprint density at radius 2 is 2.00 bits per heavy atom. The summed E-state index contributed by atoms with van der Waals surface area (Å²) in [7, 11) is 0.